The molecule has 1 heteroatoms. The molecule has 2 rings (SSSR count). The van der Waals surface area contributed by atoms with E-state index in [0.29, 0.717) is 0 Å². The van der Waals surface area contributed by atoms with Crippen molar-refractivity contribution in [2.24, 2.45) is 0 Å². The Morgan fingerprint density at radius 3 is 1.67 bits per heavy atom. The van der Waals surface area contributed by atoms with E-state index in [1.807, 2.05) is 56.3 Å². The molecule has 78 valence electrons. The topological polar surface area (TPSA) is 0 Å². The Morgan fingerprint density at radius 1 is 0.667 bits per heavy atom. The number of halogens is 1. The zero-order valence-corrected chi connectivity index (χ0v) is 9.83. The molecule has 0 saturated heterocycles. The number of hydrogen-bond donors (Lipinski definition) is 0. The van der Waals surface area contributed by atoms with Gasteiger partial charge in [-0.05, 0) is 23.3 Å². The minimum Gasteiger partial charge on any atom is -0.0843 e. The molecule has 2 aromatic carbocycles. The van der Waals surface area contributed by atoms with Crippen molar-refractivity contribution in [3.8, 4) is 11.1 Å². The smallest absolute Gasteiger partial charge is 0.0406 e. The molecule has 0 unspecified atom stereocenters. The van der Waals surface area contributed by atoms with Crippen LogP contribution in [0.4, 0.5) is 0 Å². The van der Waals surface area contributed by atoms with Gasteiger partial charge in [-0.1, -0.05) is 67.9 Å². The summed E-state index contributed by atoms with van der Waals surface area (Å²) < 4.78 is 0. The van der Waals surface area contributed by atoms with Gasteiger partial charge in [-0.15, -0.1) is 0 Å². The second-order valence-electron chi connectivity index (χ2n) is 2.87. The molecular formula is C14H15Cl. The van der Waals surface area contributed by atoms with Crippen LogP contribution in [-0.4, -0.2) is 0 Å². The molecule has 0 amide bonds. The van der Waals surface area contributed by atoms with Crippen molar-refractivity contribution in [1.82, 2.24) is 0 Å². The first kappa shape index (κ1) is 11.8. The second-order valence-corrected chi connectivity index (χ2v) is 3.31. The van der Waals surface area contributed by atoms with Crippen LogP contribution in [0.5, 0.6) is 0 Å². The summed E-state index contributed by atoms with van der Waals surface area (Å²) in [6.07, 6.45) is 0. The number of rotatable bonds is 1. The van der Waals surface area contributed by atoms with Crippen molar-refractivity contribution in [3.63, 3.8) is 0 Å². The summed E-state index contributed by atoms with van der Waals surface area (Å²) in [6, 6.07) is 18.1. The first-order valence-electron chi connectivity index (χ1n) is 5.17. The van der Waals surface area contributed by atoms with Gasteiger partial charge in [0.25, 0.3) is 0 Å². The lowest BCUT2D eigenvalue weighted by Gasteiger charge is -2.00. The molecule has 0 aliphatic heterocycles. The lowest BCUT2D eigenvalue weighted by Crippen LogP contribution is -1.74. The van der Waals surface area contributed by atoms with Gasteiger partial charge in [0.15, 0.2) is 0 Å². The van der Waals surface area contributed by atoms with Crippen LogP contribution in [0.25, 0.3) is 11.1 Å². The fourth-order valence-electron chi connectivity index (χ4n) is 1.27. The molecule has 0 aliphatic carbocycles. The van der Waals surface area contributed by atoms with Crippen LogP contribution in [0.2, 0.25) is 5.02 Å². The van der Waals surface area contributed by atoms with Crippen molar-refractivity contribution in [2.75, 3.05) is 0 Å². The molecule has 0 aliphatic rings. The van der Waals surface area contributed by atoms with Crippen molar-refractivity contribution >= 4 is 11.6 Å². The first-order valence-corrected chi connectivity index (χ1v) is 5.55. The van der Waals surface area contributed by atoms with Crippen LogP contribution < -0.4 is 0 Å². The van der Waals surface area contributed by atoms with Crippen molar-refractivity contribution in [1.29, 1.82) is 0 Å². The molecule has 0 nitrogen and oxygen atoms in total. The minimum atomic E-state index is 0.777. The molecular weight excluding hydrogens is 204 g/mol. The normalized spacial score (nSPS) is 9.00. The fourth-order valence-corrected chi connectivity index (χ4v) is 1.40. The summed E-state index contributed by atoms with van der Waals surface area (Å²) >= 11 is 5.80. The summed E-state index contributed by atoms with van der Waals surface area (Å²) in [7, 11) is 0. The predicted octanol–water partition coefficient (Wildman–Crippen LogP) is 5.03. The molecule has 0 bridgehead atoms. The maximum atomic E-state index is 5.80. The van der Waals surface area contributed by atoms with Crippen LogP contribution in [0.3, 0.4) is 0 Å². The van der Waals surface area contributed by atoms with Gasteiger partial charge in [0.2, 0.25) is 0 Å². The average Bonchev–Trinajstić information content (AvgIpc) is 2.34. The highest BCUT2D eigenvalue weighted by Crippen LogP contribution is 2.20. The highest BCUT2D eigenvalue weighted by Gasteiger charge is 1.94. The lowest BCUT2D eigenvalue weighted by molar-refractivity contribution is 1.50. The van der Waals surface area contributed by atoms with Gasteiger partial charge < -0.3 is 0 Å². The van der Waals surface area contributed by atoms with Gasteiger partial charge in [0.05, 0.1) is 0 Å². The third-order valence-corrected chi connectivity index (χ3v) is 2.20. The molecule has 0 aromatic heterocycles. The van der Waals surface area contributed by atoms with Crippen LogP contribution in [0.1, 0.15) is 13.8 Å². The van der Waals surface area contributed by atoms with E-state index in [4.69, 9.17) is 11.6 Å². The van der Waals surface area contributed by atoms with E-state index in [1.165, 1.54) is 11.1 Å². The Labute approximate surface area is 96.5 Å². The van der Waals surface area contributed by atoms with Gasteiger partial charge in [-0.25, -0.2) is 0 Å². The SMILES string of the molecule is CC.Clc1ccc(-c2ccccc2)cc1. The minimum absolute atomic E-state index is 0.777. The number of benzene rings is 2. The third-order valence-electron chi connectivity index (χ3n) is 1.95. The molecule has 0 radical (unpaired) electrons. The van der Waals surface area contributed by atoms with Gasteiger partial charge in [-0.3, -0.25) is 0 Å². The van der Waals surface area contributed by atoms with Crippen LogP contribution in [0.15, 0.2) is 54.6 Å². The van der Waals surface area contributed by atoms with Crippen LogP contribution in [-0.2, 0) is 0 Å². The summed E-state index contributed by atoms with van der Waals surface area (Å²) in [6.45, 7) is 4.00. The summed E-state index contributed by atoms with van der Waals surface area (Å²) in [4.78, 5) is 0. The van der Waals surface area contributed by atoms with Crippen molar-refractivity contribution in [2.45, 2.75) is 13.8 Å². The summed E-state index contributed by atoms with van der Waals surface area (Å²) in [5.74, 6) is 0. The van der Waals surface area contributed by atoms with Crippen molar-refractivity contribution in [3.05, 3.63) is 59.6 Å². The van der Waals surface area contributed by atoms with E-state index < -0.39 is 0 Å². The third kappa shape index (κ3) is 3.41. The molecule has 15 heavy (non-hydrogen) atoms. The van der Waals surface area contributed by atoms with E-state index in [1.54, 1.807) is 0 Å². The Bertz CT molecular complexity index is 376. The molecule has 0 atom stereocenters. The molecule has 0 saturated carbocycles. The van der Waals surface area contributed by atoms with E-state index in [2.05, 4.69) is 12.1 Å². The van der Waals surface area contributed by atoms with E-state index in [0.717, 1.165) is 5.02 Å². The molecule has 0 heterocycles. The maximum absolute atomic E-state index is 5.80. The quantitative estimate of drug-likeness (QED) is 0.630. The van der Waals surface area contributed by atoms with Gasteiger partial charge in [0.1, 0.15) is 0 Å². The van der Waals surface area contributed by atoms with E-state index in [9.17, 15) is 0 Å². The molecule has 0 fully saturated rings. The monoisotopic (exact) mass is 218 g/mol. The summed E-state index contributed by atoms with van der Waals surface area (Å²) in [5.41, 5.74) is 2.42. The average molecular weight is 219 g/mol. The Kier molecular flexibility index (Phi) is 4.92. The fraction of sp³-hybridized carbons (Fsp3) is 0.143. The van der Waals surface area contributed by atoms with Crippen LogP contribution in [0, 0.1) is 0 Å². The largest absolute Gasteiger partial charge is 0.0843 e. The second kappa shape index (κ2) is 6.26. The van der Waals surface area contributed by atoms with Crippen LogP contribution >= 0.6 is 11.6 Å². The van der Waals surface area contributed by atoms with E-state index in [-0.39, 0.29) is 0 Å². The van der Waals surface area contributed by atoms with E-state index >= 15 is 0 Å². The molecule has 0 spiro atoms. The maximum Gasteiger partial charge on any atom is 0.0406 e. The first-order chi connectivity index (χ1) is 7.36. The standard InChI is InChI=1S/C12H9Cl.C2H6/c13-12-8-6-11(7-9-12)10-4-2-1-3-5-10;1-2/h1-9H;1-2H3. The summed E-state index contributed by atoms with van der Waals surface area (Å²) in [5, 5.41) is 0.777. The highest BCUT2D eigenvalue weighted by atomic mass is 35.5. The zero-order chi connectivity index (χ0) is 11.1. The Morgan fingerprint density at radius 2 is 1.13 bits per heavy atom. The van der Waals surface area contributed by atoms with Gasteiger partial charge in [0, 0.05) is 5.02 Å². The molecule has 0 N–H and O–H groups in total. The molecule has 2 aromatic rings. The van der Waals surface area contributed by atoms with Gasteiger partial charge in [-0.2, -0.15) is 0 Å². The lowest BCUT2D eigenvalue weighted by atomic mass is 10.1. The zero-order valence-electron chi connectivity index (χ0n) is 9.07. The Hall–Kier alpha value is -1.27. The highest BCUT2D eigenvalue weighted by molar-refractivity contribution is 6.30. The van der Waals surface area contributed by atoms with Gasteiger partial charge >= 0.3 is 0 Å². The Balaban J connectivity index is 0.000000531. The predicted molar refractivity (Wildman–Crippen MR) is 68.2 cm³/mol. The van der Waals surface area contributed by atoms with Crippen molar-refractivity contribution < 1.29 is 0 Å². The number of hydrogen-bond acceptors (Lipinski definition) is 0.